The van der Waals surface area contributed by atoms with Gasteiger partial charge in [-0.1, -0.05) is 56.0 Å². The number of anilines is 1. The molecule has 23 heavy (non-hydrogen) atoms. The van der Waals surface area contributed by atoms with Gasteiger partial charge in [-0.05, 0) is 41.5 Å². The molecule has 0 radical (unpaired) electrons. The maximum absolute atomic E-state index is 11.0. The number of aryl methyl sites for hydroxylation is 2. The molecule has 0 aliphatic carbocycles. The van der Waals surface area contributed by atoms with Crippen molar-refractivity contribution in [2.45, 2.75) is 57.0 Å². The van der Waals surface area contributed by atoms with Crippen LogP contribution in [0.4, 0.5) is 5.13 Å². The van der Waals surface area contributed by atoms with E-state index in [2.05, 4.69) is 62.3 Å². The van der Waals surface area contributed by atoms with Crippen molar-refractivity contribution in [2.75, 3.05) is 5.32 Å². The fourth-order valence-electron chi connectivity index (χ4n) is 2.26. The van der Waals surface area contributed by atoms with E-state index in [9.17, 15) is 4.79 Å². The second kappa shape index (κ2) is 7.01. The van der Waals surface area contributed by atoms with Gasteiger partial charge >= 0.3 is 0 Å². The lowest BCUT2D eigenvalue weighted by Crippen LogP contribution is -2.12. The normalized spacial score (nSPS) is 11.6. The zero-order chi connectivity index (χ0) is 17.2. The van der Waals surface area contributed by atoms with Gasteiger partial charge in [-0.2, -0.15) is 0 Å². The number of amides is 1. The quantitative estimate of drug-likeness (QED) is 0.642. The van der Waals surface area contributed by atoms with Crippen molar-refractivity contribution in [1.29, 1.82) is 0 Å². The Morgan fingerprint density at radius 3 is 2.35 bits per heavy atom. The maximum atomic E-state index is 11.0. The smallest absolute Gasteiger partial charge is 0.223 e. The zero-order valence-electron chi connectivity index (χ0n) is 14.5. The average Bonchev–Trinajstić information content (AvgIpc) is 2.83. The van der Waals surface area contributed by atoms with Gasteiger partial charge in [0.05, 0.1) is 0 Å². The SMILES string of the molecule is CC(=O)Nc1nnc(SCc2c(C)cc(C(C)(C)C)cc2C)s1. The minimum atomic E-state index is -0.123. The first kappa shape index (κ1) is 17.9. The van der Waals surface area contributed by atoms with E-state index in [1.165, 1.54) is 40.5 Å². The summed E-state index contributed by atoms with van der Waals surface area (Å²) in [6, 6.07) is 4.57. The van der Waals surface area contributed by atoms with Crippen LogP contribution in [0.15, 0.2) is 16.5 Å². The van der Waals surface area contributed by atoms with Crippen LogP contribution in [-0.2, 0) is 16.0 Å². The van der Waals surface area contributed by atoms with Gasteiger partial charge < -0.3 is 5.32 Å². The third-order valence-electron chi connectivity index (χ3n) is 3.59. The highest BCUT2D eigenvalue weighted by Gasteiger charge is 2.16. The summed E-state index contributed by atoms with van der Waals surface area (Å²) in [4.78, 5) is 11.0. The number of nitrogens with one attached hydrogen (secondary N) is 1. The largest absolute Gasteiger partial charge is 0.301 e. The molecule has 0 spiro atoms. The molecule has 1 N–H and O–H groups in total. The first-order valence-electron chi connectivity index (χ1n) is 7.51. The molecule has 0 saturated heterocycles. The van der Waals surface area contributed by atoms with Crippen molar-refractivity contribution in [3.8, 4) is 0 Å². The van der Waals surface area contributed by atoms with Crippen LogP contribution in [-0.4, -0.2) is 16.1 Å². The van der Waals surface area contributed by atoms with Crippen LogP contribution in [0.25, 0.3) is 0 Å². The highest BCUT2D eigenvalue weighted by atomic mass is 32.2. The summed E-state index contributed by atoms with van der Waals surface area (Å²) in [5, 5.41) is 11.3. The van der Waals surface area contributed by atoms with Crippen LogP contribution < -0.4 is 5.32 Å². The van der Waals surface area contributed by atoms with E-state index in [0.717, 1.165) is 10.1 Å². The third kappa shape index (κ3) is 4.78. The van der Waals surface area contributed by atoms with Crippen LogP contribution >= 0.6 is 23.1 Å². The molecule has 4 nitrogen and oxygen atoms in total. The van der Waals surface area contributed by atoms with Crippen molar-refractivity contribution < 1.29 is 4.79 Å². The van der Waals surface area contributed by atoms with E-state index in [1.54, 1.807) is 11.8 Å². The number of carbonyl (C=O) groups excluding carboxylic acids is 1. The Morgan fingerprint density at radius 2 is 1.83 bits per heavy atom. The van der Waals surface area contributed by atoms with Crippen molar-refractivity contribution in [1.82, 2.24) is 10.2 Å². The Balaban J connectivity index is 2.12. The van der Waals surface area contributed by atoms with Gasteiger partial charge in [0.15, 0.2) is 4.34 Å². The second-order valence-corrected chi connectivity index (χ2v) is 8.88. The molecule has 0 fully saturated rings. The molecule has 0 unspecified atom stereocenters. The fourth-order valence-corrected chi connectivity index (χ4v) is 4.25. The molecule has 1 heterocycles. The van der Waals surface area contributed by atoms with Gasteiger partial charge in [0.25, 0.3) is 0 Å². The first-order chi connectivity index (χ1) is 10.7. The summed E-state index contributed by atoms with van der Waals surface area (Å²) < 4.78 is 0.868. The molecule has 0 bridgehead atoms. The van der Waals surface area contributed by atoms with Crippen LogP contribution in [0.2, 0.25) is 0 Å². The highest BCUT2D eigenvalue weighted by molar-refractivity contribution is 8.00. The van der Waals surface area contributed by atoms with Gasteiger partial charge in [-0.15, -0.1) is 10.2 Å². The maximum Gasteiger partial charge on any atom is 0.223 e. The molecule has 1 aromatic heterocycles. The minimum Gasteiger partial charge on any atom is -0.301 e. The van der Waals surface area contributed by atoms with E-state index in [1.807, 2.05) is 0 Å². The zero-order valence-corrected chi connectivity index (χ0v) is 16.1. The molecule has 0 aliphatic rings. The molecular weight excluding hydrogens is 326 g/mol. The molecule has 0 saturated carbocycles. The Hall–Kier alpha value is -1.40. The van der Waals surface area contributed by atoms with E-state index in [-0.39, 0.29) is 11.3 Å². The van der Waals surface area contributed by atoms with Crippen LogP contribution in [0.5, 0.6) is 0 Å². The van der Waals surface area contributed by atoms with Gasteiger partial charge in [0.2, 0.25) is 11.0 Å². The van der Waals surface area contributed by atoms with Crippen LogP contribution in [0, 0.1) is 13.8 Å². The summed E-state index contributed by atoms with van der Waals surface area (Å²) in [6.07, 6.45) is 0. The topological polar surface area (TPSA) is 54.9 Å². The molecule has 124 valence electrons. The van der Waals surface area contributed by atoms with Gasteiger partial charge in [0, 0.05) is 12.7 Å². The molecular formula is C17H23N3OS2. The van der Waals surface area contributed by atoms with Crippen molar-refractivity contribution in [3.63, 3.8) is 0 Å². The summed E-state index contributed by atoms with van der Waals surface area (Å²) in [6.45, 7) is 12.5. The Morgan fingerprint density at radius 1 is 1.22 bits per heavy atom. The number of aromatic nitrogens is 2. The molecule has 0 atom stereocenters. The number of benzene rings is 1. The van der Waals surface area contributed by atoms with Crippen LogP contribution in [0.3, 0.4) is 0 Å². The molecule has 2 aromatic rings. The first-order valence-corrected chi connectivity index (χ1v) is 9.31. The minimum absolute atomic E-state index is 0.123. The van der Waals surface area contributed by atoms with Gasteiger partial charge in [0.1, 0.15) is 0 Å². The molecule has 6 heteroatoms. The molecule has 1 amide bonds. The lowest BCUT2D eigenvalue weighted by Gasteiger charge is -2.22. The third-order valence-corrected chi connectivity index (χ3v) is 5.59. The fraction of sp³-hybridized carbons (Fsp3) is 0.471. The number of carbonyl (C=O) groups is 1. The van der Waals surface area contributed by atoms with E-state index in [0.29, 0.717) is 5.13 Å². The highest BCUT2D eigenvalue weighted by Crippen LogP contribution is 2.32. The Labute approximate surface area is 146 Å². The van der Waals surface area contributed by atoms with E-state index >= 15 is 0 Å². The average molecular weight is 350 g/mol. The van der Waals surface area contributed by atoms with Crippen molar-refractivity contribution >= 4 is 34.1 Å². The van der Waals surface area contributed by atoms with Crippen molar-refractivity contribution in [2.24, 2.45) is 0 Å². The molecule has 0 aliphatic heterocycles. The Bertz CT molecular complexity index is 694. The lowest BCUT2D eigenvalue weighted by molar-refractivity contribution is -0.114. The summed E-state index contributed by atoms with van der Waals surface area (Å²) in [5.74, 6) is 0.735. The van der Waals surface area contributed by atoms with Gasteiger partial charge in [-0.25, -0.2) is 0 Å². The summed E-state index contributed by atoms with van der Waals surface area (Å²) in [5.41, 5.74) is 5.50. The Kier molecular flexibility index (Phi) is 5.47. The number of hydrogen-bond donors (Lipinski definition) is 1. The lowest BCUT2D eigenvalue weighted by atomic mass is 9.84. The van der Waals surface area contributed by atoms with E-state index < -0.39 is 0 Å². The van der Waals surface area contributed by atoms with E-state index in [4.69, 9.17) is 0 Å². The molecule has 2 rings (SSSR count). The predicted octanol–water partition coefficient (Wildman–Crippen LogP) is 4.70. The van der Waals surface area contributed by atoms with Crippen molar-refractivity contribution in [3.05, 3.63) is 34.4 Å². The number of rotatable bonds is 4. The monoisotopic (exact) mass is 349 g/mol. The predicted molar refractivity (Wildman–Crippen MR) is 98.4 cm³/mol. The standard InChI is InChI=1S/C17H23N3OS2/c1-10-7-13(17(4,5)6)8-11(2)14(10)9-22-16-20-19-15(23-16)18-12(3)21/h7-8H,9H2,1-6H3,(H,18,19,21). The van der Waals surface area contributed by atoms with Crippen LogP contribution in [0.1, 0.15) is 49.9 Å². The van der Waals surface area contributed by atoms with Gasteiger partial charge in [-0.3, -0.25) is 4.79 Å². The molecule has 1 aromatic carbocycles. The number of hydrogen-bond acceptors (Lipinski definition) is 5. The summed E-state index contributed by atoms with van der Waals surface area (Å²) >= 11 is 3.07. The summed E-state index contributed by atoms with van der Waals surface area (Å²) in [7, 11) is 0. The second-order valence-electron chi connectivity index (χ2n) is 6.68. The number of nitrogens with zero attached hydrogens (tertiary/aromatic N) is 2. The number of thioether (sulfide) groups is 1.